The van der Waals surface area contributed by atoms with Crippen molar-refractivity contribution in [3.05, 3.63) is 52.4 Å². The fourth-order valence-electron chi connectivity index (χ4n) is 2.05. The first-order valence-electron chi connectivity index (χ1n) is 5.76. The summed E-state index contributed by atoms with van der Waals surface area (Å²) in [6, 6.07) is 8.36. The molecule has 2 heterocycles. The van der Waals surface area contributed by atoms with E-state index < -0.39 is 0 Å². The molecule has 1 aromatic carbocycles. The molecule has 96 valence electrons. The standard InChI is InChI=1S/C14H11BrFN3/c1-8-2-5-12-18-13(14(17)19(12)7-8)10-4-3-9(16)6-11(10)15/h2-7H,17H2,1H3. The predicted molar refractivity (Wildman–Crippen MR) is 77.4 cm³/mol. The zero-order chi connectivity index (χ0) is 13.6. The molecule has 0 spiro atoms. The van der Waals surface area contributed by atoms with Crippen LogP contribution in [0.15, 0.2) is 41.0 Å². The number of benzene rings is 1. The van der Waals surface area contributed by atoms with E-state index in [0.717, 1.165) is 16.8 Å². The van der Waals surface area contributed by atoms with Crippen LogP contribution in [0.3, 0.4) is 0 Å². The second kappa shape index (κ2) is 4.35. The van der Waals surface area contributed by atoms with Crippen molar-refractivity contribution >= 4 is 27.4 Å². The quantitative estimate of drug-likeness (QED) is 0.741. The third-order valence-electron chi connectivity index (χ3n) is 2.99. The van der Waals surface area contributed by atoms with Crippen molar-refractivity contribution in [1.29, 1.82) is 0 Å². The lowest BCUT2D eigenvalue weighted by Gasteiger charge is -2.03. The van der Waals surface area contributed by atoms with Gasteiger partial charge in [0.05, 0.1) is 0 Å². The molecule has 0 saturated heterocycles. The van der Waals surface area contributed by atoms with Crippen LogP contribution in [-0.2, 0) is 0 Å². The molecule has 2 aromatic heterocycles. The van der Waals surface area contributed by atoms with Gasteiger partial charge in [-0.1, -0.05) is 6.07 Å². The van der Waals surface area contributed by atoms with E-state index in [0.29, 0.717) is 16.0 Å². The summed E-state index contributed by atoms with van der Waals surface area (Å²) >= 11 is 3.34. The minimum Gasteiger partial charge on any atom is -0.383 e. The van der Waals surface area contributed by atoms with Crippen LogP contribution < -0.4 is 5.73 Å². The third-order valence-corrected chi connectivity index (χ3v) is 3.65. The maximum Gasteiger partial charge on any atom is 0.139 e. The number of nitrogens with zero attached hydrogens (tertiary/aromatic N) is 2. The molecule has 0 saturated carbocycles. The lowest BCUT2D eigenvalue weighted by atomic mass is 10.1. The zero-order valence-electron chi connectivity index (χ0n) is 10.2. The highest BCUT2D eigenvalue weighted by atomic mass is 79.9. The number of imidazole rings is 1. The molecule has 3 rings (SSSR count). The van der Waals surface area contributed by atoms with E-state index in [1.54, 1.807) is 6.07 Å². The Hall–Kier alpha value is -1.88. The summed E-state index contributed by atoms with van der Waals surface area (Å²) in [5.74, 6) is 0.250. The Labute approximate surface area is 118 Å². The van der Waals surface area contributed by atoms with Gasteiger partial charge in [-0.25, -0.2) is 9.37 Å². The molecule has 2 N–H and O–H groups in total. The summed E-state index contributed by atoms with van der Waals surface area (Å²) in [4.78, 5) is 4.50. The number of aryl methyl sites for hydroxylation is 1. The molecule has 0 radical (unpaired) electrons. The van der Waals surface area contributed by atoms with Gasteiger partial charge in [-0.2, -0.15) is 0 Å². The Morgan fingerprint density at radius 2 is 2.05 bits per heavy atom. The highest BCUT2D eigenvalue weighted by Gasteiger charge is 2.14. The normalized spacial score (nSPS) is 11.1. The molecule has 0 amide bonds. The Morgan fingerprint density at radius 1 is 1.26 bits per heavy atom. The Balaban J connectivity index is 2.28. The molecule has 0 unspecified atom stereocenters. The van der Waals surface area contributed by atoms with Crippen LogP contribution in [0.5, 0.6) is 0 Å². The molecule has 0 fully saturated rings. The van der Waals surface area contributed by atoms with Crippen LogP contribution in [0.25, 0.3) is 16.9 Å². The molecular weight excluding hydrogens is 309 g/mol. The van der Waals surface area contributed by atoms with E-state index in [2.05, 4.69) is 20.9 Å². The number of hydrogen-bond acceptors (Lipinski definition) is 2. The summed E-state index contributed by atoms with van der Waals surface area (Å²) < 4.78 is 15.6. The molecule has 3 nitrogen and oxygen atoms in total. The van der Waals surface area contributed by atoms with Gasteiger partial charge in [0, 0.05) is 16.2 Å². The van der Waals surface area contributed by atoms with E-state index in [9.17, 15) is 4.39 Å². The molecule has 19 heavy (non-hydrogen) atoms. The lowest BCUT2D eigenvalue weighted by molar-refractivity contribution is 0.627. The first-order valence-corrected chi connectivity index (χ1v) is 6.55. The first kappa shape index (κ1) is 12.2. The monoisotopic (exact) mass is 319 g/mol. The second-order valence-electron chi connectivity index (χ2n) is 4.40. The number of nitrogens with two attached hydrogens (primary N) is 1. The van der Waals surface area contributed by atoms with Crippen LogP contribution >= 0.6 is 15.9 Å². The Kier molecular flexibility index (Phi) is 2.78. The van der Waals surface area contributed by atoms with Crippen molar-refractivity contribution < 1.29 is 4.39 Å². The van der Waals surface area contributed by atoms with Crippen molar-refractivity contribution in [3.63, 3.8) is 0 Å². The van der Waals surface area contributed by atoms with Crippen molar-refractivity contribution in [1.82, 2.24) is 9.38 Å². The molecule has 0 atom stereocenters. The van der Waals surface area contributed by atoms with Gasteiger partial charge in [-0.05, 0) is 52.7 Å². The average Bonchev–Trinajstić information content (AvgIpc) is 2.67. The van der Waals surface area contributed by atoms with E-state index in [-0.39, 0.29) is 5.82 Å². The molecule has 0 aliphatic carbocycles. The first-order chi connectivity index (χ1) is 9.06. The van der Waals surface area contributed by atoms with E-state index >= 15 is 0 Å². The third kappa shape index (κ3) is 2.00. The number of aromatic nitrogens is 2. The smallest absolute Gasteiger partial charge is 0.139 e. The molecule has 5 heteroatoms. The van der Waals surface area contributed by atoms with Gasteiger partial charge in [-0.3, -0.25) is 4.40 Å². The number of fused-ring (bicyclic) bond motifs is 1. The number of halogens is 2. The van der Waals surface area contributed by atoms with E-state index in [1.165, 1.54) is 12.1 Å². The van der Waals surface area contributed by atoms with Gasteiger partial charge in [0.1, 0.15) is 23.0 Å². The van der Waals surface area contributed by atoms with Gasteiger partial charge < -0.3 is 5.73 Å². The fraction of sp³-hybridized carbons (Fsp3) is 0.0714. The summed E-state index contributed by atoms with van der Waals surface area (Å²) in [7, 11) is 0. The molecule has 0 bridgehead atoms. The molecule has 0 aliphatic heterocycles. The van der Waals surface area contributed by atoms with Crippen LogP contribution in [0.2, 0.25) is 0 Å². The minimum absolute atomic E-state index is 0.297. The largest absolute Gasteiger partial charge is 0.383 e. The van der Waals surface area contributed by atoms with Crippen molar-refractivity contribution in [2.45, 2.75) is 6.92 Å². The number of hydrogen-bond donors (Lipinski definition) is 1. The SMILES string of the molecule is Cc1ccc2nc(-c3ccc(F)cc3Br)c(N)n2c1. The number of nitrogen functional groups attached to an aromatic ring is 1. The lowest BCUT2D eigenvalue weighted by Crippen LogP contribution is -1.95. The van der Waals surface area contributed by atoms with Gasteiger partial charge in [0.25, 0.3) is 0 Å². The van der Waals surface area contributed by atoms with Crippen LogP contribution in [0, 0.1) is 12.7 Å². The summed E-state index contributed by atoms with van der Waals surface area (Å²) in [6.07, 6.45) is 1.93. The summed E-state index contributed by atoms with van der Waals surface area (Å²) in [6.45, 7) is 1.99. The van der Waals surface area contributed by atoms with Crippen molar-refractivity contribution in [2.75, 3.05) is 5.73 Å². The highest BCUT2D eigenvalue weighted by Crippen LogP contribution is 2.32. The maximum atomic E-state index is 13.1. The summed E-state index contributed by atoms with van der Waals surface area (Å²) in [5, 5.41) is 0. The van der Waals surface area contributed by atoms with Crippen molar-refractivity contribution in [2.24, 2.45) is 0 Å². The predicted octanol–water partition coefficient (Wildman–Crippen LogP) is 3.79. The Morgan fingerprint density at radius 3 is 2.79 bits per heavy atom. The van der Waals surface area contributed by atoms with E-state index in [1.807, 2.05) is 29.7 Å². The van der Waals surface area contributed by atoms with Gasteiger partial charge in [0.2, 0.25) is 0 Å². The van der Waals surface area contributed by atoms with Crippen LogP contribution in [-0.4, -0.2) is 9.38 Å². The van der Waals surface area contributed by atoms with E-state index in [4.69, 9.17) is 5.73 Å². The van der Waals surface area contributed by atoms with Crippen LogP contribution in [0.4, 0.5) is 10.2 Å². The molecule has 0 aliphatic rings. The van der Waals surface area contributed by atoms with Crippen molar-refractivity contribution in [3.8, 4) is 11.3 Å². The zero-order valence-corrected chi connectivity index (χ0v) is 11.8. The molecule has 3 aromatic rings. The van der Waals surface area contributed by atoms with Gasteiger partial charge >= 0.3 is 0 Å². The summed E-state index contributed by atoms with van der Waals surface area (Å²) in [5.41, 5.74) is 9.43. The Bertz CT molecular complexity index is 780. The van der Waals surface area contributed by atoms with Gasteiger partial charge in [0.15, 0.2) is 0 Å². The average molecular weight is 320 g/mol. The topological polar surface area (TPSA) is 43.3 Å². The molecular formula is C14H11BrFN3. The van der Waals surface area contributed by atoms with Crippen LogP contribution in [0.1, 0.15) is 5.56 Å². The second-order valence-corrected chi connectivity index (χ2v) is 5.26. The maximum absolute atomic E-state index is 13.1. The number of rotatable bonds is 1. The number of pyridine rings is 1. The highest BCUT2D eigenvalue weighted by molar-refractivity contribution is 9.10. The minimum atomic E-state index is -0.297. The van der Waals surface area contributed by atoms with Gasteiger partial charge in [-0.15, -0.1) is 0 Å². The fourth-order valence-corrected chi connectivity index (χ4v) is 2.59. The number of anilines is 1.